The summed E-state index contributed by atoms with van der Waals surface area (Å²) >= 11 is 0. The molecule has 23 heavy (non-hydrogen) atoms. The Kier molecular flexibility index (Phi) is 6.33. The molecule has 2 unspecified atom stereocenters. The zero-order valence-corrected chi connectivity index (χ0v) is 14.1. The maximum atomic E-state index is 6.11. The molecule has 124 valence electrons. The van der Waals surface area contributed by atoms with Crippen molar-refractivity contribution in [3.63, 3.8) is 0 Å². The van der Waals surface area contributed by atoms with Crippen LogP contribution >= 0.6 is 0 Å². The second-order valence-corrected chi connectivity index (χ2v) is 6.33. The van der Waals surface area contributed by atoms with Crippen LogP contribution in [-0.4, -0.2) is 6.04 Å². The van der Waals surface area contributed by atoms with Gasteiger partial charge in [0.2, 0.25) is 0 Å². The summed E-state index contributed by atoms with van der Waals surface area (Å²) in [4.78, 5) is 0. The van der Waals surface area contributed by atoms with Gasteiger partial charge in [0, 0.05) is 11.7 Å². The van der Waals surface area contributed by atoms with Crippen LogP contribution in [0.3, 0.4) is 0 Å². The highest BCUT2D eigenvalue weighted by Gasteiger charge is 2.23. The Morgan fingerprint density at radius 2 is 1.96 bits per heavy atom. The molecule has 1 saturated carbocycles. The molecule has 0 amide bonds. The summed E-state index contributed by atoms with van der Waals surface area (Å²) in [6, 6.07) is 10.3. The molecular formula is C20H29N3. The highest BCUT2D eigenvalue weighted by atomic mass is 15.0. The molecule has 0 aromatic heterocycles. The Hall–Kier alpha value is -2.16. The van der Waals surface area contributed by atoms with Crippen LogP contribution in [0.15, 0.2) is 60.5 Å². The molecular weight excluding hydrogens is 282 g/mol. The summed E-state index contributed by atoms with van der Waals surface area (Å²) in [5.74, 6) is 1.31. The maximum absolute atomic E-state index is 6.11. The second kappa shape index (κ2) is 8.47. The first-order chi connectivity index (χ1) is 11.1. The third-order valence-electron chi connectivity index (χ3n) is 4.63. The summed E-state index contributed by atoms with van der Waals surface area (Å²) in [5, 5.41) is 3.43. The fourth-order valence-corrected chi connectivity index (χ4v) is 3.17. The molecule has 5 N–H and O–H groups in total. The fourth-order valence-electron chi connectivity index (χ4n) is 3.17. The molecule has 3 nitrogen and oxygen atoms in total. The Morgan fingerprint density at radius 3 is 2.65 bits per heavy atom. The van der Waals surface area contributed by atoms with E-state index in [4.69, 9.17) is 11.5 Å². The molecule has 0 heterocycles. The van der Waals surface area contributed by atoms with Crippen LogP contribution in [0.2, 0.25) is 0 Å². The third kappa shape index (κ3) is 5.20. The summed E-state index contributed by atoms with van der Waals surface area (Å²) in [6.07, 6.45) is 9.58. The number of benzene rings is 1. The molecule has 1 aliphatic rings. The predicted molar refractivity (Wildman–Crippen MR) is 99.2 cm³/mol. The van der Waals surface area contributed by atoms with Crippen LogP contribution in [-0.2, 0) is 0 Å². The first kappa shape index (κ1) is 17.2. The topological polar surface area (TPSA) is 64.1 Å². The van der Waals surface area contributed by atoms with E-state index in [2.05, 4.69) is 18.8 Å². The number of hydrogen-bond acceptors (Lipinski definition) is 3. The quantitative estimate of drug-likeness (QED) is 0.551. The summed E-state index contributed by atoms with van der Waals surface area (Å²) < 4.78 is 0. The van der Waals surface area contributed by atoms with Crippen molar-refractivity contribution in [1.29, 1.82) is 0 Å². The van der Waals surface area contributed by atoms with E-state index < -0.39 is 0 Å². The van der Waals surface area contributed by atoms with Crippen molar-refractivity contribution in [3.8, 4) is 0 Å². The van der Waals surface area contributed by atoms with E-state index in [9.17, 15) is 0 Å². The number of nitrogens with two attached hydrogens (primary N) is 2. The van der Waals surface area contributed by atoms with Gasteiger partial charge in [-0.05, 0) is 49.3 Å². The maximum Gasteiger partial charge on any atom is 0.0962 e. The first-order valence-electron chi connectivity index (χ1n) is 8.52. The van der Waals surface area contributed by atoms with E-state index in [1.54, 1.807) is 0 Å². The molecule has 2 rings (SSSR count). The van der Waals surface area contributed by atoms with Gasteiger partial charge >= 0.3 is 0 Å². The van der Waals surface area contributed by atoms with Gasteiger partial charge < -0.3 is 16.8 Å². The van der Waals surface area contributed by atoms with Crippen LogP contribution in [0, 0.1) is 5.92 Å². The molecule has 1 aliphatic carbocycles. The van der Waals surface area contributed by atoms with E-state index >= 15 is 0 Å². The third-order valence-corrected chi connectivity index (χ3v) is 4.63. The molecule has 0 bridgehead atoms. The smallest absolute Gasteiger partial charge is 0.0962 e. The zero-order valence-electron chi connectivity index (χ0n) is 14.1. The molecule has 0 aliphatic heterocycles. The molecule has 2 atom stereocenters. The van der Waals surface area contributed by atoms with Crippen LogP contribution in [0.25, 0.3) is 5.70 Å². The Balaban J connectivity index is 1.93. The second-order valence-electron chi connectivity index (χ2n) is 6.33. The van der Waals surface area contributed by atoms with Crippen molar-refractivity contribution < 1.29 is 0 Å². The van der Waals surface area contributed by atoms with Crippen LogP contribution in [0.4, 0.5) is 0 Å². The SMILES string of the molecule is C=C(CC)C1CCCC(N/C(N)=C/C=C(\N)c2ccccc2)C1. The number of hydrogen-bond donors (Lipinski definition) is 3. The number of rotatable bonds is 6. The van der Waals surface area contributed by atoms with Crippen molar-refractivity contribution in [3.05, 3.63) is 66.0 Å². The average molecular weight is 311 g/mol. The molecule has 3 heteroatoms. The lowest BCUT2D eigenvalue weighted by Gasteiger charge is -2.31. The first-order valence-corrected chi connectivity index (χ1v) is 8.52. The fraction of sp³-hybridized carbons (Fsp3) is 0.400. The minimum Gasteiger partial charge on any atom is -0.398 e. The summed E-state index contributed by atoms with van der Waals surface area (Å²) in [5.41, 5.74) is 15.3. The lowest BCUT2D eigenvalue weighted by Crippen LogP contribution is -2.36. The van der Waals surface area contributed by atoms with Crippen molar-refractivity contribution in [1.82, 2.24) is 5.32 Å². The molecule has 1 aromatic rings. The largest absolute Gasteiger partial charge is 0.398 e. The van der Waals surface area contributed by atoms with E-state index in [0.717, 1.165) is 24.1 Å². The van der Waals surface area contributed by atoms with Gasteiger partial charge in [-0.1, -0.05) is 55.8 Å². The lowest BCUT2D eigenvalue weighted by atomic mass is 9.81. The van der Waals surface area contributed by atoms with E-state index in [0.29, 0.717) is 17.8 Å². The summed E-state index contributed by atoms with van der Waals surface area (Å²) in [6.45, 7) is 6.39. The minimum absolute atomic E-state index is 0.430. The van der Waals surface area contributed by atoms with Crippen molar-refractivity contribution in [2.45, 2.75) is 45.1 Å². The molecule has 0 spiro atoms. The van der Waals surface area contributed by atoms with E-state index in [1.165, 1.54) is 24.8 Å². The monoisotopic (exact) mass is 311 g/mol. The van der Waals surface area contributed by atoms with Gasteiger partial charge in [-0.25, -0.2) is 0 Å². The van der Waals surface area contributed by atoms with Gasteiger partial charge in [-0.15, -0.1) is 0 Å². The van der Waals surface area contributed by atoms with Gasteiger partial charge in [0.15, 0.2) is 0 Å². The van der Waals surface area contributed by atoms with Crippen LogP contribution < -0.4 is 16.8 Å². The van der Waals surface area contributed by atoms with E-state index in [1.807, 2.05) is 42.5 Å². The van der Waals surface area contributed by atoms with Gasteiger partial charge in [0.1, 0.15) is 0 Å². The predicted octanol–water partition coefficient (Wildman–Crippen LogP) is 3.90. The highest BCUT2D eigenvalue weighted by molar-refractivity contribution is 5.63. The number of allylic oxidation sites excluding steroid dienone is 3. The standard InChI is InChI=1S/C20H29N3/c1-3-15(2)17-10-7-11-18(14-17)23-20(22)13-12-19(21)16-8-5-4-6-9-16/h4-6,8-9,12-13,17-18,23H,2-3,7,10-11,14,21-22H2,1H3/b19-12-,20-13+. The Labute approximate surface area is 140 Å². The molecule has 0 radical (unpaired) electrons. The van der Waals surface area contributed by atoms with Crippen molar-refractivity contribution in [2.75, 3.05) is 0 Å². The molecule has 1 fully saturated rings. The van der Waals surface area contributed by atoms with Gasteiger partial charge in [0.05, 0.1) is 5.82 Å². The lowest BCUT2D eigenvalue weighted by molar-refractivity contribution is 0.325. The number of nitrogens with one attached hydrogen (secondary N) is 1. The van der Waals surface area contributed by atoms with Crippen LogP contribution in [0.5, 0.6) is 0 Å². The van der Waals surface area contributed by atoms with Crippen molar-refractivity contribution >= 4 is 5.70 Å². The normalized spacial score (nSPS) is 22.7. The van der Waals surface area contributed by atoms with E-state index in [-0.39, 0.29) is 0 Å². The van der Waals surface area contributed by atoms with Gasteiger partial charge in [0.25, 0.3) is 0 Å². The van der Waals surface area contributed by atoms with Gasteiger partial charge in [-0.2, -0.15) is 0 Å². The Morgan fingerprint density at radius 1 is 1.22 bits per heavy atom. The zero-order chi connectivity index (χ0) is 16.7. The summed E-state index contributed by atoms with van der Waals surface area (Å²) in [7, 11) is 0. The van der Waals surface area contributed by atoms with Gasteiger partial charge in [-0.3, -0.25) is 0 Å². The molecule has 0 saturated heterocycles. The van der Waals surface area contributed by atoms with Crippen LogP contribution in [0.1, 0.15) is 44.6 Å². The highest BCUT2D eigenvalue weighted by Crippen LogP contribution is 2.30. The Bertz CT molecular complexity index is 572. The average Bonchev–Trinajstić information content (AvgIpc) is 2.60. The minimum atomic E-state index is 0.430. The molecule has 1 aromatic carbocycles. The van der Waals surface area contributed by atoms with Crippen molar-refractivity contribution in [2.24, 2.45) is 17.4 Å².